The number of carboxylic acid groups (broad SMARTS) is 1. The summed E-state index contributed by atoms with van der Waals surface area (Å²) in [5, 5.41) is 29.5. The van der Waals surface area contributed by atoms with Crippen LogP contribution >= 0.6 is 0 Å². The van der Waals surface area contributed by atoms with Gasteiger partial charge in [0.2, 0.25) is 0 Å². The number of phenols is 2. The number of carbonyl (C=O) groups excluding carboxylic acids is 4. The van der Waals surface area contributed by atoms with Gasteiger partial charge < -0.3 is 29.5 Å². The molecule has 0 saturated heterocycles. The Morgan fingerprint density at radius 1 is 0.904 bits per heavy atom. The van der Waals surface area contributed by atoms with Gasteiger partial charge in [0.05, 0.1) is 12.7 Å². The van der Waals surface area contributed by atoms with Gasteiger partial charge in [-0.25, -0.2) is 9.59 Å². The fraction of sp³-hybridized carbons (Fsp3) is 0.537. The van der Waals surface area contributed by atoms with Crippen LogP contribution in [-0.2, 0) is 14.3 Å². The fourth-order valence-electron chi connectivity index (χ4n) is 9.66. The summed E-state index contributed by atoms with van der Waals surface area (Å²) in [5.41, 5.74) is 1.52. The van der Waals surface area contributed by atoms with Crippen LogP contribution in [-0.4, -0.2) is 58.5 Å². The predicted octanol–water partition coefficient (Wildman–Crippen LogP) is 7.60. The maximum atomic E-state index is 12.6. The Balaban J connectivity index is 0.000000201. The summed E-state index contributed by atoms with van der Waals surface area (Å²) in [7, 11) is 1.31. The molecule has 0 heterocycles. The third-order valence-corrected chi connectivity index (χ3v) is 12.6. The van der Waals surface area contributed by atoms with Crippen LogP contribution in [0, 0.1) is 49.4 Å². The Labute approximate surface area is 304 Å². The number of carboxylic acids is 1. The quantitative estimate of drug-likeness (QED) is 0.146. The Kier molecular flexibility index (Phi) is 10.9. The molecule has 280 valence electrons. The summed E-state index contributed by atoms with van der Waals surface area (Å²) in [4.78, 5) is 59.0. The predicted molar refractivity (Wildman–Crippen MR) is 191 cm³/mol. The van der Waals surface area contributed by atoms with Gasteiger partial charge in [-0.3, -0.25) is 14.4 Å². The van der Waals surface area contributed by atoms with Crippen LogP contribution in [0.3, 0.4) is 0 Å². The largest absolute Gasteiger partial charge is 0.507 e. The minimum absolute atomic E-state index is 0.0411. The van der Waals surface area contributed by atoms with Crippen LogP contribution in [0.1, 0.15) is 126 Å². The number of methoxy groups -OCH3 is 1. The lowest BCUT2D eigenvalue weighted by Gasteiger charge is -2.57. The van der Waals surface area contributed by atoms with E-state index in [4.69, 9.17) is 14.2 Å². The molecule has 3 saturated carbocycles. The Morgan fingerprint density at radius 2 is 1.60 bits per heavy atom. The van der Waals surface area contributed by atoms with E-state index in [-0.39, 0.29) is 62.2 Å². The molecular weight excluding hydrogens is 668 g/mol. The van der Waals surface area contributed by atoms with E-state index in [0.717, 1.165) is 38.0 Å². The number of phenolic OH excluding ortho intramolecular Hbond substituents is 1. The van der Waals surface area contributed by atoms with Crippen LogP contribution in [0.15, 0.2) is 23.8 Å². The highest BCUT2D eigenvalue weighted by molar-refractivity contribution is 6.01. The van der Waals surface area contributed by atoms with Gasteiger partial charge in [0.25, 0.3) is 0 Å². The molecule has 0 aromatic heterocycles. The molecule has 4 aliphatic carbocycles. The molecule has 11 heteroatoms. The number of esters is 2. The van der Waals surface area contributed by atoms with Crippen molar-refractivity contribution in [3.05, 3.63) is 57.2 Å². The van der Waals surface area contributed by atoms with Crippen molar-refractivity contribution < 1.29 is 53.5 Å². The Bertz CT molecular complexity index is 1840. The first-order valence-corrected chi connectivity index (χ1v) is 18.1. The van der Waals surface area contributed by atoms with Crippen LogP contribution in [0.25, 0.3) is 0 Å². The average molecular weight is 719 g/mol. The number of ketones is 1. The highest BCUT2D eigenvalue weighted by atomic mass is 16.5. The molecule has 0 radical (unpaired) electrons. The van der Waals surface area contributed by atoms with Crippen molar-refractivity contribution in [3.63, 3.8) is 0 Å². The highest BCUT2D eigenvalue weighted by Gasteiger charge is 2.60. The van der Waals surface area contributed by atoms with Crippen LogP contribution in [0.4, 0.5) is 0 Å². The van der Waals surface area contributed by atoms with Crippen molar-refractivity contribution >= 4 is 30.0 Å². The number of ether oxygens (including phenoxy) is 3. The van der Waals surface area contributed by atoms with Crippen LogP contribution in [0.5, 0.6) is 23.0 Å². The van der Waals surface area contributed by atoms with Crippen LogP contribution in [0.2, 0.25) is 0 Å². The summed E-state index contributed by atoms with van der Waals surface area (Å²) in [6.45, 7) is 11.0. The number of aldehydes is 1. The van der Waals surface area contributed by atoms with Gasteiger partial charge in [0, 0.05) is 23.8 Å². The number of rotatable bonds is 7. The van der Waals surface area contributed by atoms with Crippen LogP contribution < -0.4 is 9.47 Å². The van der Waals surface area contributed by atoms with Crippen molar-refractivity contribution in [1.82, 2.24) is 0 Å². The SMILES string of the molecule is CCC(=O)OC1CCC2C3CCC4=CC(=O)CCC4(C)C3CCC12C.COc1cc(C)c(C(=O)Oc2cc(C)c(O)c(C(=O)O)c2C)c(O)c1C=O. The zero-order valence-corrected chi connectivity index (χ0v) is 31.1. The first kappa shape index (κ1) is 38.6. The zero-order valence-electron chi connectivity index (χ0n) is 31.1. The number of fused-ring (bicyclic) bond motifs is 5. The zero-order chi connectivity index (χ0) is 38.3. The first-order valence-electron chi connectivity index (χ1n) is 18.1. The minimum Gasteiger partial charge on any atom is -0.507 e. The molecule has 0 bridgehead atoms. The maximum absolute atomic E-state index is 12.6. The van der Waals surface area contributed by atoms with E-state index >= 15 is 0 Å². The topological polar surface area (TPSA) is 174 Å². The van der Waals surface area contributed by atoms with Crippen molar-refractivity contribution in [2.45, 2.75) is 105 Å². The number of hydrogen-bond acceptors (Lipinski definition) is 10. The van der Waals surface area contributed by atoms with Gasteiger partial charge >= 0.3 is 17.9 Å². The molecule has 52 heavy (non-hydrogen) atoms. The molecule has 2 aromatic carbocycles. The molecule has 6 atom stereocenters. The number of allylic oxidation sites excluding steroid dienone is 1. The number of aromatic carboxylic acids is 1. The van der Waals surface area contributed by atoms with Crippen molar-refractivity contribution in [3.8, 4) is 23.0 Å². The van der Waals surface area contributed by atoms with Gasteiger partial charge in [-0.2, -0.15) is 0 Å². The van der Waals surface area contributed by atoms with E-state index in [2.05, 4.69) is 13.8 Å². The van der Waals surface area contributed by atoms with Gasteiger partial charge in [-0.05, 0) is 118 Å². The standard InChI is InChI=1S/C22H32O3.C19H18O8/c1-4-20(24)25-19-8-7-17-16-6-5-14-13-15(23)9-11-21(14,2)18(16)10-12-22(17,19)3;1-8-5-13(26-4)11(7-20)17(22)14(8)19(25)27-12-6-9(2)16(21)15(10(12)3)18(23)24/h13,16-19H,4-12H2,1-3H3;5-7,21-22H,1-4H3,(H,23,24). The molecule has 11 nitrogen and oxygen atoms in total. The number of aromatic hydroxyl groups is 2. The minimum atomic E-state index is -1.38. The lowest BCUT2D eigenvalue weighted by atomic mass is 9.47. The first-order chi connectivity index (χ1) is 24.5. The van der Waals surface area contributed by atoms with Crippen molar-refractivity contribution in [2.75, 3.05) is 7.11 Å². The van der Waals surface area contributed by atoms with E-state index in [1.165, 1.54) is 64.8 Å². The monoisotopic (exact) mass is 718 g/mol. The summed E-state index contributed by atoms with van der Waals surface area (Å²) in [6.07, 6.45) is 11.6. The molecule has 3 N–H and O–H groups in total. The lowest BCUT2D eigenvalue weighted by Crippen LogP contribution is -2.51. The lowest BCUT2D eigenvalue weighted by molar-refractivity contribution is -0.159. The summed E-state index contributed by atoms with van der Waals surface area (Å²) in [5.74, 6) is -0.963. The van der Waals surface area contributed by atoms with E-state index in [1.807, 2.05) is 13.0 Å². The molecule has 0 spiro atoms. The third-order valence-electron chi connectivity index (χ3n) is 12.6. The van der Waals surface area contributed by atoms with Gasteiger partial charge in [-0.1, -0.05) is 26.3 Å². The Hall–Kier alpha value is -4.67. The molecule has 6 unspecified atom stereocenters. The average Bonchev–Trinajstić information content (AvgIpc) is 3.42. The van der Waals surface area contributed by atoms with Gasteiger partial charge in [0.1, 0.15) is 40.2 Å². The number of benzene rings is 2. The molecular formula is C41H50O11. The summed E-state index contributed by atoms with van der Waals surface area (Å²) in [6, 6.07) is 2.71. The normalized spacial score (nSPS) is 27.4. The van der Waals surface area contributed by atoms with Crippen molar-refractivity contribution in [2.24, 2.45) is 28.6 Å². The molecule has 0 amide bonds. The molecule has 2 aromatic rings. The van der Waals surface area contributed by atoms with Crippen molar-refractivity contribution in [1.29, 1.82) is 0 Å². The second-order valence-corrected chi connectivity index (χ2v) is 15.3. The highest BCUT2D eigenvalue weighted by Crippen LogP contribution is 2.65. The third kappa shape index (κ3) is 6.70. The molecule has 6 rings (SSSR count). The fourth-order valence-corrected chi connectivity index (χ4v) is 9.66. The smallest absolute Gasteiger partial charge is 0.347 e. The molecule has 4 aliphatic rings. The van der Waals surface area contributed by atoms with Gasteiger partial charge in [0.15, 0.2) is 12.1 Å². The molecule has 3 fully saturated rings. The van der Waals surface area contributed by atoms with E-state index in [1.54, 1.807) is 0 Å². The number of aryl methyl sites for hydroxylation is 2. The second-order valence-electron chi connectivity index (χ2n) is 15.3. The van der Waals surface area contributed by atoms with E-state index in [0.29, 0.717) is 35.9 Å². The molecule has 0 aliphatic heterocycles. The summed E-state index contributed by atoms with van der Waals surface area (Å²) >= 11 is 0. The Morgan fingerprint density at radius 3 is 2.23 bits per heavy atom. The number of carbonyl (C=O) groups is 5. The maximum Gasteiger partial charge on any atom is 0.347 e. The van der Waals surface area contributed by atoms with Gasteiger partial charge in [-0.15, -0.1) is 0 Å². The van der Waals surface area contributed by atoms with E-state index in [9.17, 15) is 39.3 Å². The second kappa shape index (κ2) is 14.8. The summed E-state index contributed by atoms with van der Waals surface area (Å²) < 4.78 is 16.1. The van der Waals surface area contributed by atoms with E-state index < -0.39 is 23.4 Å². The number of hydrogen-bond donors (Lipinski definition) is 3.